The quantitative estimate of drug-likeness (QED) is 0.820. The summed E-state index contributed by atoms with van der Waals surface area (Å²) < 4.78 is 5.48. The molecule has 2 amide bonds. The molecule has 1 saturated heterocycles. The van der Waals surface area contributed by atoms with Crippen molar-refractivity contribution in [1.29, 1.82) is 0 Å². The molecule has 3 rings (SSSR count). The standard InChI is InChI=1S/C21H23ClN2O3/c1-2-27-16-11-9-15(10-12-16)19-8-5-13-24(19)20(25)14-23-21(26)17-6-3-4-7-18(17)22/h3-4,6-7,9-12,19H,2,5,8,13-14H2,1H3,(H,23,26)/t19-/m0/s1. The highest BCUT2D eigenvalue weighted by atomic mass is 35.5. The van der Waals surface area contributed by atoms with E-state index >= 15 is 0 Å². The van der Waals surface area contributed by atoms with Crippen LogP contribution in [0.4, 0.5) is 0 Å². The lowest BCUT2D eigenvalue weighted by Crippen LogP contribution is -2.39. The van der Waals surface area contributed by atoms with Crippen molar-refractivity contribution < 1.29 is 14.3 Å². The highest BCUT2D eigenvalue weighted by molar-refractivity contribution is 6.33. The lowest BCUT2D eigenvalue weighted by molar-refractivity contribution is -0.131. The molecule has 1 heterocycles. The zero-order valence-electron chi connectivity index (χ0n) is 15.3. The lowest BCUT2D eigenvalue weighted by atomic mass is 10.0. The molecule has 2 aromatic rings. The predicted octanol–water partition coefficient (Wildman–Crippen LogP) is 3.83. The maximum absolute atomic E-state index is 12.7. The van der Waals surface area contributed by atoms with E-state index in [0.29, 0.717) is 23.7 Å². The fraction of sp³-hybridized carbons (Fsp3) is 0.333. The van der Waals surface area contributed by atoms with Gasteiger partial charge in [-0.05, 0) is 49.6 Å². The smallest absolute Gasteiger partial charge is 0.253 e. The van der Waals surface area contributed by atoms with Gasteiger partial charge in [-0.2, -0.15) is 0 Å². The van der Waals surface area contributed by atoms with Crippen LogP contribution in [0.5, 0.6) is 5.75 Å². The third kappa shape index (κ3) is 4.61. The van der Waals surface area contributed by atoms with Crippen LogP contribution in [0.15, 0.2) is 48.5 Å². The number of nitrogens with zero attached hydrogens (tertiary/aromatic N) is 1. The molecular weight excluding hydrogens is 364 g/mol. The summed E-state index contributed by atoms with van der Waals surface area (Å²) in [5, 5.41) is 3.05. The number of hydrogen-bond acceptors (Lipinski definition) is 3. The first-order chi connectivity index (χ1) is 13.1. The number of rotatable bonds is 6. The van der Waals surface area contributed by atoms with Gasteiger partial charge in [-0.3, -0.25) is 9.59 Å². The second kappa shape index (κ2) is 8.91. The van der Waals surface area contributed by atoms with Crippen LogP contribution < -0.4 is 10.1 Å². The monoisotopic (exact) mass is 386 g/mol. The maximum Gasteiger partial charge on any atom is 0.253 e. The van der Waals surface area contributed by atoms with Gasteiger partial charge in [0.15, 0.2) is 0 Å². The van der Waals surface area contributed by atoms with Crippen molar-refractivity contribution in [2.45, 2.75) is 25.8 Å². The zero-order chi connectivity index (χ0) is 19.2. The van der Waals surface area contributed by atoms with Crippen LogP contribution >= 0.6 is 11.6 Å². The van der Waals surface area contributed by atoms with E-state index in [0.717, 1.165) is 24.2 Å². The van der Waals surface area contributed by atoms with Crippen LogP contribution in [-0.2, 0) is 4.79 Å². The molecule has 0 saturated carbocycles. The molecule has 0 aromatic heterocycles. The Kier molecular flexibility index (Phi) is 6.35. The highest BCUT2D eigenvalue weighted by Crippen LogP contribution is 2.32. The number of hydrogen-bond donors (Lipinski definition) is 1. The number of likely N-dealkylation sites (tertiary alicyclic amines) is 1. The summed E-state index contributed by atoms with van der Waals surface area (Å²) in [4.78, 5) is 26.8. The van der Waals surface area contributed by atoms with Crippen molar-refractivity contribution in [3.05, 3.63) is 64.7 Å². The van der Waals surface area contributed by atoms with Crippen LogP contribution in [0, 0.1) is 0 Å². The predicted molar refractivity (Wildman–Crippen MR) is 105 cm³/mol. The normalized spacial score (nSPS) is 16.2. The molecule has 0 spiro atoms. The molecule has 27 heavy (non-hydrogen) atoms. The first kappa shape index (κ1) is 19.2. The molecule has 0 bridgehead atoms. The number of amides is 2. The number of carbonyl (C=O) groups is 2. The fourth-order valence-electron chi connectivity index (χ4n) is 3.36. The van der Waals surface area contributed by atoms with Crippen molar-refractivity contribution in [3.63, 3.8) is 0 Å². The van der Waals surface area contributed by atoms with Gasteiger partial charge in [-0.25, -0.2) is 0 Å². The van der Waals surface area contributed by atoms with Crippen LogP contribution in [0.25, 0.3) is 0 Å². The molecule has 1 N–H and O–H groups in total. The molecule has 0 radical (unpaired) electrons. The molecule has 6 heteroatoms. The second-order valence-corrected chi connectivity index (χ2v) is 6.82. The summed E-state index contributed by atoms with van der Waals surface area (Å²) in [6.45, 7) is 3.22. The molecular formula is C21H23ClN2O3. The lowest BCUT2D eigenvalue weighted by Gasteiger charge is -2.25. The van der Waals surface area contributed by atoms with Gasteiger partial charge in [-0.1, -0.05) is 35.9 Å². The minimum absolute atomic E-state index is 0.0328. The largest absolute Gasteiger partial charge is 0.494 e. The van der Waals surface area contributed by atoms with E-state index in [1.807, 2.05) is 36.1 Å². The third-order valence-electron chi connectivity index (χ3n) is 4.67. The highest BCUT2D eigenvalue weighted by Gasteiger charge is 2.30. The van der Waals surface area contributed by atoms with Gasteiger partial charge in [0, 0.05) is 6.54 Å². The van der Waals surface area contributed by atoms with Crippen LogP contribution in [0.3, 0.4) is 0 Å². The third-order valence-corrected chi connectivity index (χ3v) is 5.00. The summed E-state index contributed by atoms with van der Waals surface area (Å²) in [6.07, 6.45) is 1.86. The Labute approximate surface area is 164 Å². The average molecular weight is 387 g/mol. The molecule has 0 unspecified atom stereocenters. The minimum Gasteiger partial charge on any atom is -0.494 e. The van der Waals surface area contributed by atoms with Gasteiger partial charge < -0.3 is 15.0 Å². The number of nitrogens with one attached hydrogen (secondary N) is 1. The van der Waals surface area contributed by atoms with Gasteiger partial charge >= 0.3 is 0 Å². The molecule has 1 atom stereocenters. The molecule has 1 fully saturated rings. The van der Waals surface area contributed by atoms with Crippen molar-refractivity contribution in [2.24, 2.45) is 0 Å². The van der Waals surface area contributed by atoms with E-state index in [2.05, 4.69) is 5.32 Å². The summed E-state index contributed by atoms with van der Waals surface area (Å²) in [5.41, 5.74) is 1.46. The average Bonchev–Trinajstić information content (AvgIpc) is 3.17. The molecule has 1 aliphatic heterocycles. The summed E-state index contributed by atoms with van der Waals surface area (Å²) in [5.74, 6) is 0.390. The van der Waals surface area contributed by atoms with Crippen LogP contribution in [0.1, 0.15) is 41.7 Å². The Morgan fingerprint density at radius 3 is 2.63 bits per heavy atom. The van der Waals surface area contributed by atoms with Gasteiger partial charge in [0.2, 0.25) is 5.91 Å². The van der Waals surface area contributed by atoms with E-state index < -0.39 is 0 Å². The van der Waals surface area contributed by atoms with Gasteiger partial charge in [-0.15, -0.1) is 0 Å². The van der Waals surface area contributed by atoms with Crippen LogP contribution in [0.2, 0.25) is 5.02 Å². The van der Waals surface area contributed by atoms with Crippen LogP contribution in [-0.4, -0.2) is 36.4 Å². The van der Waals surface area contributed by atoms with Gasteiger partial charge in [0.1, 0.15) is 5.75 Å². The first-order valence-electron chi connectivity index (χ1n) is 9.15. The Morgan fingerprint density at radius 1 is 1.19 bits per heavy atom. The first-order valence-corrected chi connectivity index (χ1v) is 9.53. The van der Waals surface area contributed by atoms with Crippen molar-refractivity contribution in [3.8, 4) is 5.75 Å². The topological polar surface area (TPSA) is 58.6 Å². The maximum atomic E-state index is 12.7. The Balaban J connectivity index is 1.62. The SMILES string of the molecule is CCOc1ccc([C@@H]2CCCN2C(=O)CNC(=O)c2ccccc2Cl)cc1. The Hall–Kier alpha value is -2.53. The molecule has 5 nitrogen and oxygen atoms in total. The zero-order valence-corrected chi connectivity index (χ0v) is 16.0. The number of halogens is 1. The second-order valence-electron chi connectivity index (χ2n) is 6.41. The molecule has 142 valence electrons. The molecule has 2 aromatic carbocycles. The van der Waals surface area contributed by atoms with Crippen molar-refractivity contribution in [2.75, 3.05) is 19.7 Å². The summed E-state index contributed by atoms with van der Waals surface area (Å²) in [7, 11) is 0. The summed E-state index contributed by atoms with van der Waals surface area (Å²) >= 11 is 6.03. The minimum atomic E-state index is -0.342. The Bertz CT molecular complexity index is 807. The number of benzene rings is 2. The number of carbonyl (C=O) groups excluding carboxylic acids is 2. The van der Waals surface area contributed by atoms with Crippen molar-refractivity contribution >= 4 is 23.4 Å². The molecule has 1 aliphatic rings. The van der Waals surface area contributed by atoms with E-state index in [9.17, 15) is 9.59 Å². The fourth-order valence-corrected chi connectivity index (χ4v) is 3.58. The van der Waals surface area contributed by atoms with E-state index in [-0.39, 0.29) is 24.4 Å². The van der Waals surface area contributed by atoms with Crippen molar-refractivity contribution in [1.82, 2.24) is 10.2 Å². The van der Waals surface area contributed by atoms with E-state index in [1.54, 1.807) is 24.3 Å². The number of ether oxygens (including phenoxy) is 1. The summed E-state index contributed by atoms with van der Waals surface area (Å²) in [6, 6.07) is 14.7. The molecule has 0 aliphatic carbocycles. The van der Waals surface area contributed by atoms with Gasteiger partial charge in [0.05, 0.1) is 29.8 Å². The van der Waals surface area contributed by atoms with E-state index in [4.69, 9.17) is 16.3 Å². The van der Waals surface area contributed by atoms with Gasteiger partial charge in [0.25, 0.3) is 5.91 Å². The van der Waals surface area contributed by atoms with E-state index in [1.165, 1.54) is 0 Å². The Morgan fingerprint density at radius 2 is 1.93 bits per heavy atom.